The van der Waals surface area contributed by atoms with E-state index in [0.717, 1.165) is 32.5 Å². The smallest absolute Gasteiger partial charge is 0.122 e. The first-order valence-electron chi connectivity index (χ1n) is 5.70. The van der Waals surface area contributed by atoms with Crippen molar-refractivity contribution in [2.24, 2.45) is 11.0 Å². The minimum atomic E-state index is -0.415. The molecule has 6 heteroatoms. The van der Waals surface area contributed by atoms with Gasteiger partial charge in [0.25, 0.3) is 0 Å². The summed E-state index contributed by atoms with van der Waals surface area (Å²) in [6.45, 7) is 4.04. The topological polar surface area (TPSA) is 87.8 Å². The molecule has 2 bridgehead atoms. The van der Waals surface area contributed by atoms with Gasteiger partial charge in [-0.3, -0.25) is 5.32 Å². The van der Waals surface area contributed by atoms with E-state index in [1.54, 1.807) is 0 Å². The molecular weight excluding hydrogens is 204 g/mol. The molecule has 6 nitrogen and oxygen atoms in total. The van der Waals surface area contributed by atoms with E-state index >= 15 is 0 Å². The van der Waals surface area contributed by atoms with Gasteiger partial charge in [-0.15, -0.1) is 0 Å². The van der Waals surface area contributed by atoms with Crippen LogP contribution in [0, 0.1) is 17.2 Å². The zero-order chi connectivity index (χ0) is 11.4. The number of hydrogen-bond donors (Lipinski definition) is 1. The molecule has 0 saturated carbocycles. The second-order valence-electron chi connectivity index (χ2n) is 4.51. The van der Waals surface area contributed by atoms with Gasteiger partial charge in [-0.05, 0) is 37.4 Å². The molecule has 3 saturated heterocycles. The lowest BCUT2D eigenvalue weighted by molar-refractivity contribution is 0.0377. The molecule has 3 aliphatic rings. The number of fused-ring (bicyclic) bond motifs is 3. The molecular formula is C10H16N6. The first kappa shape index (κ1) is 11.2. The molecule has 16 heavy (non-hydrogen) atoms. The largest absolute Gasteiger partial charge is 0.300 e. The lowest BCUT2D eigenvalue weighted by Crippen LogP contribution is -2.65. The van der Waals surface area contributed by atoms with Crippen molar-refractivity contribution >= 4 is 0 Å². The van der Waals surface area contributed by atoms with Crippen molar-refractivity contribution in [3.05, 3.63) is 10.4 Å². The highest BCUT2D eigenvalue weighted by Gasteiger charge is 2.46. The molecule has 0 amide bonds. The summed E-state index contributed by atoms with van der Waals surface area (Å²) in [5, 5.41) is 16.1. The number of azide groups is 1. The van der Waals surface area contributed by atoms with E-state index in [0.29, 0.717) is 19.0 Å². The fourth-order valence-electron chi connectivity index (χ4n) is 2.81. The molecule has 3 fully saturated rings. The Morgan fingerprint density at radius 3 is 2.81 bits per heavy atom. The van der Waals surface area contributed by atoms with E-state index in [2.05, 4.69) is 26.3 Å². The van der Waals surface area contributed by atoms with Crippen LogP contribution in [0.3, 0.4) is 0 Å². The summed E-state index contributed by atoms with van der Waals surface area (Å²) in [5.41, 5.74) is 7.77. The molecule has 3 rings (SSSR count). The first-order chi connectivity index (χ1) is 7.80. The Balaban J connectivity index is 1.97. The Kier molecular flexibility index (Phi) is 3.30. The second kappa shape index (κ2) is 4.71. The van der Waals surface area contributed by atoms with Crippen LogP contribution in [0.25, 0.3) is 10.4 Å². The van der Waals surface area contributed by atoms with Crippen LogP contribution in [-0.2, 0) is 0 Å². The second-order valence-corrected chi connectivity index (χ2v) is 4.51. The van der Waals surface area contributed by atoms with E-state index in [1.165, 1.54) is 0 Å². The van der Waals surface area contributed by atoms with Crippen molar-refractivity contribution in [3.63, 3.8) is 0 Å². The summed E-state index contributed by atoms with van der Waals surface area (Å²) < 4.78 is 0. The van der Waals surface area contributed by atoms with E-state index in [1.807, 2.05) is 0 Å². The Hall–Kier alpha value is -1.28. The Morgan fingerprint density at radius 1 is 1.56 bits per heavy atom. The van der Waals surface area contributed by atoms with Crippen LogP contribution in [0.15, 0.2) is 5.11 Å². The number of nitrogens with one attached hydrogen (secondary N) is 1. The summed E-state index contributed by atoms with van der Waals surface area (Å²) in [6, 6.07) is 2.44. The number of nitriles is 1. The number of rotatable bonds is 4. The van der Waals surface area contributed by atoms with Crippen LogP contribution >= 0.6 is 0 Å². The third-order valence-electron chi connectivity index (χ3n) is 3.67. The molecule has 0 aromatic heterocycles. The van der Waals surface area contributed by atoms with Crippen LogP contribution in [-0.4, -0.2) is 43.2 Å². The molecule has 1 atom stereocenters. The lowest BCUT2D eigenvalue weighted by atomic mass is 9.73. The highest BCUT2D eigenvalue weighted by Crippen LogP contribution is 2.35. The van der Waals surface area contributed by atoms with E-state index in [-0.39, 0.29) is 0 Å². The fourth-order valence-corrected chi connectivity index (χ4v) is 2.81. The maximum absolute atomic E-state index is 9.38. The number of piperidine rings is 3. The Labute approximate surface area is 94.8 Å². The van der Waals surface area contributed by atoms with Crippen molar-refractivity contribution in [2.45, 2.75) is 18.4 Å². The normalized spacial score (nSPS) is 36.4. The summed E-state index contributed by atoms with van der Waals surface area (Å²) >= 11 is 0. The highest BCUT2D eigenvalue weighted by molar-refractivity contribution is 5.16. The summed E-state index contributed by atoms with van der Waals surface area (Å²) in [7, 11) is 0. The molecule has 86 valence electrons. The van der Waals surface area contributed by atoms with Gasteiger partial charge in [0.05, 0.1) is 6.07 Å². The average Bonchev–Trinajstić information content (AvgIpc) is 2.36. The molecule has 0 spiro atoms. The van der Waals surface area contributed by atoms with Gasteiger partial charge >= 0.3 is 0 Å². The molecule has 1 unspecified atom stereocenters. The predicted octanol–water partition coefficient (Wildman–Crippen LogP) is 0.874. The molecule has 0 aromatic carbocycles. The SMILES string of the molecule is N#CC1(NCCN=[N+]=[N-])CN2CCC1CC2. The van der Waals surface area contributed by atoms with Crippen LogP contribution < -0.4 is 5.32 Å². The van der Waals surface area contributed by atoms with Crippen LogP contribution in [0.1, 0.15) is 12.8 Å². The van der Waals surface area contributed by atoms with Gasteiger partial charge in [-0.2, -0.15) is 5.26 Å². The standard InChI is InChI=1S/C10H16N6/c11-7-10(13-3-4-14-15-12)8-16-5-1-9(10)2-6-16/h9,13H,1-6,8H2. The van der Waals surface area contributed by atoms with Gasteiger partial charge in [0.15, 0.2) is 0 Å². The number of hydrogen-bond acceptors (Lipinski definition) is 4. The van der Waals surface area contributed by atoms with Gasteiger partial charge in [0.2, 0.25) is 0 Å². The zero-order valence-corrected chi connectivity index (χ0v) is 9.26. The van der Waals surface area contributed by atoms with Gasteiger partial charge in [0, 0.05) is 24.5 Å². The number of nitrogens with zero attached hydrogens (tertiary/aromatic N) is 5. The monoisotopic (exact) mass is 220 g/mol. The summed E-state index contributed by atoms with van der Waals surface area (Å²) in [6.07, 6.45) is 2.20. The Bertz CT molecular complexity index is 334. The Morgan fingerprint density at radius 2 is 2.31 bits per heavy atom. The molecule has 0 radical (unpaired) electrons. The third-order valence-corrected chi connectivity index (χ3v) is 3.67. The highest BCUT2D eigenvalue weighted by atomic mass is 15.2. The van der Waals surface area contributed by atoms with Crippen molar-refractivity contribution in [3.8, 4) is 6.07 Å². The van der Waals surface area contributed by atoms with E-state index < -0.39 is 5.54 Å². The maximum Gasteiger partial charge on any atom is 0.122 e. The van der Waals surface area contributed by atoms with Crippen molar-refractivity contribution in [1.82, 2.24) is 10.2 Å². The lowest BCUT2D eigenvalue weighted by Gasteiger charge is -2.50. The van der Waals surface area contributed by atoms with Gasteiger partial charge in [0.1, 0.15) is 5.54 Å². The van der Waals surface area contributed by atoms with Crippen LogP contribution in [0.5, 0.6) is 0 Å². The van der Waals surface area contributed by atoms with Gasteiger partial charge < -0.3 is 4.90 Å². The fraction of sp³-hybridized carbons (Fsp3) is 0.900. The third kappa shape index (κ3) is 1.98. The first-order valence-corrected chi connectivity index (χ1v) is 5.70. The molecule has 0 aromatic rings. The quantitative estimate of drug-likeness (QED) is 0.330. The maximum atomic E-state index is 9.38. The average molecular weight is 220 g/mol. The van der Waals surface area contributed by atoms with Gasteiger partial charge in [-0.1, -0.05) is 5.11 Å². The van der Waals surface area contributed by atoms with Gasteiger partial charge in [-0.25, -0.2) is 0 Å². The van der Waals surface area contributed by atoms with Crippen molar-refractivity contribution < 1.29 is 0 Å². The minimum absolute atomic E-state index is 0.409. The van der Waals surface area contributed by atoms with Crippen LogP contribution in [0.2, 0.25) is 0 Å². The molecule has 1 N–H and O–H groups in total. The van der Waals surface area contributed by atoms with Crippen LogP contribution in [0.4, 0.5) is 0 Å². The molecule has 3 aliphatic heterocycles. The molecule has 3 heterocycles. The zero-order valence-electron chi connectivity index (χ0n) is 9.26. The van der Waals surface area contributed by atoms with E-state index in [9.17, 15) is 5.26 Å². The minimum Gasteiger partial charge on any atom is -0.300 e. The van der Waals surface area contributed by atoms with Crippen molar-refractivity contribution in [2.75, 3.05) is 32.7 Å². The summed E-state index contributed by atoms with van der Waals surface area (Å²) in [5.74, 6) is 0.452. The molecule has 0 aliphatic carbocycles. The van der Waals surface area contributed by atoms with Crippen molar-refractivity contribution in [1.29, 1.82) is 5.26 Å². The predicted molar refractivity (Wildman–Crippen MR) is 59.5 cm³/mol. The van der Waals surface area contributed by atoms with E-state index in [4.69, 9.17) is 5.53 Å². The summed E-state index contributed by atoms with van der Waals surface area (Å²) in [4.78, 5) is 5.04.